The average Bonchev–Trinajstić information content (AvgIpc) is 2.17. The molecule has 0 fully saturated rings. The van der Waals surface area contributed by atoms with Crippen LogP contribution in [0.4, 0.5) is 16.2 Å². The van der Waals surface area contributed by atoms with Gasteiger partial charge in [-0.2, -0.15) is 0 Å². The second-order valence-corrected chi connectivity index (χ2v) is 3.78. The quantitative estimate of drug-likeness (QED) is 0.886. The fraction of sp³-hybridized carbons (Fsp3) is 0.364. The molecule has 0 atom stereocenters. The summed E-state index contributed by atoms with van der Waals surface area (Å²) in [5.74, 6) is 0. The highest BCUT2D eigenvalue weighted by Crippen LogP contribution is 2.32. The molecule has 1 aromatic carbocycles. The van der Waals surface area contributed by atoms with Crippen LogP contribution in [0.3, 0.4) is 0 Å². The Morgan fingerprint density at radius 1 is 1.50 bits per heavy atom. The van der Waals surface area contributed by atoms with Crippen molar-refractivity contribution in [1.82, 2.24) is 0 Å². The van der Waals surface area contributed by atoms with E-state index in [9.17, 15) is 4.79 Å². The van der Waals surface area contributed by atoms with E-state index in [0.717, 1.165) is 5.69 Å². The molecule has 0 saturated heterocycles. The molecule has 1 N–H and O–H groups in total. The molecule has 0 aliphatic carbocycles. The van der Waals surface area contributed by atoms with Gasteiger partial charge in [0.05, 0.1) is 23.0 Å². The number of anilines is 2. The fourth-order valence-corrected chi connectivity index (χ4v) is 1.69. The fourth-order valence-electron chi connectivity index (χ4n) is 1.35. The standard InChI is InChI=1S/C11H15ClN2O2/c1-4-16-11(15)13-9-7-5-6-8(12)10(9)14(2)3/h5-7H,4H2,1-3H3,(H,13,15). The topological polar surface area (TPSA) is 41.6 Å². The van der Waals surface area contributed by atoms with Crippen LogP contribution in [0.1, 0.15) is 6.92 Å². The molecular weight excluding hydrogens is 228 g/mol. The maximum Gasteiger partial charge on any atom is 0.411 e. The van der Waals surface area contributed by atoms with Crippen molar-refractivity contribution >= 4 is 29.1 Å². The Morgan fingerprint density at radius 2 is 2.19 bits per heavy atom. The zero-order valence-corrected chi connectivity index (χ0v) is 10.3. The van der Waals surface area contributed by atoms with Gasteiger partial charge >= 0.3 is 6.09 Å². The summed E-state index contributed by atoms with van der Waals surface area (Å²) in [7, 11) is 3.72. The van der Waals surface area contributed by atoms with E-state index in [1.165, 1.54) is 0 Å². The van der Waals surface area contributed by atoms with Crippen LogP contribution in [0, 0.1) is 0 Å². The van der Waals surface area contributed by atoms with Crippen molar-refractivity contribution in [2.75, 3.05) is 30.9 Å². The molecule has 0 heterocycles. The number of benzene rings is 1. The Morgan fingerprint density at radius 3 is 2.75 bits per heavy atom. The summed E-state index contributed by atoms with van der Waals surface area (Å²) < 4.78 is 4.81. The Balaban J connectivity index is 2.95. The molecule has 0 radical (unpaired) electrons. The number of halogens is 1. The lowest BCUT2D eigenvalue weighted by Crippen LogP contribution is -2.17. The van der Waals surface area contributed by atoms with Crippen molar-refractivity contribution in [2.45, 2.75) is 6.92 Å². The number of para-hydroxylation sites is 1. The smallest absolute Gasteiger partial charge is 0.411 e. The molecule has 0 saturated carbocycles. The van der Waals surface area contributed by atoms with Gasteiger partial charge in [0.1, 0.15) is 0 Å². The van der Waals surface area contributed by atoms with E-state index in [-0.39, 0.29) is 0 Å². The lowest BCUT2D eigenvalue weighted by atomic mass is 10.2. The van der Waals surface area contributed by atoms with E-state index in [0.29, 0.717) is 17.3 Å². The van der Waals surface area contributed by atoms with Gasteiger partial charge in [-0.3, -0.25) is 5.32 Å². The van der Waals surface area contributed by atoms with Gasteiger partial charge in [-0.15, -0.1) is 0 Å². The van der Waals surface area contributed by atoms with Crippen LogP contribution in [0.2, 0.25) is 5.02 Å². The van der Waals surface area contributed by atoms with E-state index in [1.807, 2.05) is 19.0 Å². The molecule has 0 unspecified atom stereocenters. The number of nitrogens with zero attached hydrogens (tertiary/aromatic N) is 1. The first-order valence-electron chi connectivity index (χ1n) is 4.96. The number of rotatable bonds is 3. The second-order valence-electron chi connectivity index (χ2n) is 3.38. The number of nitrogens with one attached hydrogen (secondary N) is 1. The maximum absolute atomic E-state index is 11.3. The first-order valence-corrected chi connectivity index (χ1v) is 5.33. The van der Waals surface area contributed by atoms with Gasteiger partial charge in [-0.1, -0.05) is 17.7 Å². The molecular formula is C11H15ClN2O2. The van der Waals surface area contributed by atoms with Crippen molar-refractivity contribution < 1.29 is 9.53 Å². The summed E-state index contributed by atoms with van der Waals surface area (Å²) in [6, 6.07) is 5.32. The summed E-state index contributed by atoms with van der Waals surface area (Å²) in [6.45, 7) is 2.09. The summed E-state index contributed by atoms with van der Waals surface area (Å²) in [6.07, 6.45) is -0.479. The minimum Gasteiger partial charge on any atom is -0.450 e. The Bertz CT molecular complexity index is 380. The van der Waals surface area contributed by atoms with Crippen LogP contribution in [-0.4, -0.2) is 26.8 Å². The van der Waals surface area contributed by atoms with Crippen LogP contribution < -0.4 is 10.2 Å². The third kappa shape index (κ3) is 3.03. The van der Waals surface area contributed by atoms with Gasteiger partial charge in [-0.25, -0.2) is 4.79 Å². The van der Waals surface area contributed by atoms with E-state index >= 15 is 0 Å². The molecule has 0 bridgehead atoms. The minimum absolute atomic E-state index is 0.337. The normalized spacial score (nSPS) is 9.75. The van der Waals surface area contributed by atoms with Crippen molar-refractivity contribution in [3.8, 4) is 0 Å². The molecule has 1 amide bonds. The molecule has 1 aromatic rings. The summed E-state index contributed by atoms with van der Waals surface area (Å²) in [4.78, 5) is 13.1. The highest BCUT2D eigenvalue weighted by Gasteiger charge is 2.11. The molecule has 88 valence electrons. The Kier molecular flexibility index (Phi) is 4.43. The third-order valence-corrected chi connectivity index (χ3v) is 2.25. The lowest BCUT2D eigenvalue weighted by Gasteiger charge is -2.19. The van der Waals surface area contributed by atoms with Gasteiger partial charge in [0.25, 0.3) is 0 Å². The van der Waals surface area contributed by atoms with Crippen LogP contribution in [0.15, 0.2) is 18.2 Å². The van der Waals surface area contributed by atoms with Crippen LogP contribution in [0.5, 0.6) is 0 Å². The van der Waals surface area contributed by atoms with Gasteiger partial charge in [-0.05, 0) is 19.1 Å². The SMILES string of the molecule is CCOC(=O)Nc1cccc(Cl)c1N(C)C. The summed E-state index contributed by atoms with van der Waals surface area (Å²) >= 11 is 6.05. The van der Waals surface area contributed by atoms with Crippen LogP contribution in [0.25, 0.3) is 0 Å². The van der Waals surface area contributed by atoms with Crippen molar-refractivity contribution in [3.63, 3.8) is 0 Å². The Labute approximate surface area is 100 Å². The number of hydrogen-bond acceptors (Lipinski definition) is 3. The summed E-state index contributed by atoms with van der Waals surface area (Å²) in [5, 5.41) is 3.23. The van der Waals surface area contributed by atoms with Gasteiger partial charge < -0.3 is 9.64 Å². The minimum atomic E-state index is -0.479. The lowest BCUT2D eigenvalue weighted by molar-refractivity contribution is 0.168. The average molecular weight is 243 g/mol. The first kappa shape index (κ1) is 12.6. The molecule has 0 aliphatic rings. The number of carbonyl (C=O) groups excluding carboxylic acids is 1. The van der Waals surface area contributed by atoms with E-state index in [2.05, 4.69) is 5.32 Å². The number of amides is 1. The molecule has 4 nitrogen and oxygen atoms in total. The molecule has 5 heteroatoms. The van der Waals surface area contributed by atoms with E-state index in [1.54, 1.807) is 25.1 Å². The zero-order valence-electron chi connectivity index (χ0n) is 9.58. The van der Waals surface area contributed by atoms with Crippen molar-refractivity contribution in [1.29, 1.82) is 0 Å². The molecule has 0 spiro atoms. The Hall–Kier alpha value is -1.42. The maximum atomic E-state index is 11.3. The van der Waals surface area contributed by atoms with E-state index in [4.69, 9.17) is 16.3 Å². The third-order valence-electron chi connectivity index (χ3n) is 1.95. The summed E-state index contributed by atoms with van der Waals surface area (Å²) in [5.41, 5.74) is 1.40. The van der Waals surface area contributed by atoms with Gasteiger partial charge in [0.2, 0.25) is 0 Å². The van der Waals surface area contributed by atoms with Gasteiger partial charge in [0.15, 0.2) is 0 Å². The van der Waals surface area contributed by atoms with Crippen molar-refractivity contribution in [2.24, 2.45) is 0 Å². The predicted octanol–water partition coefficient (Wildman–Crippen LogP) is 2.97. The van der Waals surface area contributed by atoms with Gasteiger partial charge in [0, 0.05) is 14.1 Å². The van der Waals surface area contributed by atoms with E-state index < -0.39 is 6.09 Å². The zero-order chi connectivity index (χ0) is 12.1. The highest BCUT2D eigenvalue weighted by molar-refractivity contribution is 6.34. The monoisotopic (exact) mass is 242 g/mol. The number of hydrogen-bond donors (Lipinski definition) is 1. The van der Waals surface area contributed by atoms with Crippen LogP contribution in [-0.2, 0) is 4.74 Å². The highest BCUT2D eigenvalue weighted by atomic mass is 35.5. The van der Waals surface area contributed by atoms with Crippen molar-refractivity contribution in [3.05, 3.63) is 23.2 Å². The molecule has 0 aromatic heterocycles. The first-order chi connectivity index (χ1) is 7.56. The second kappa shape index (κ2) is 5.61. The molecule has 0 aliphatic heterocycles. The number of ether oxygens (including phenoxy) is 1. The predicted molar refractivity (Wildman–Crippen MR) is 66.4 cm³/mol. The van der Waals surface area contributed by atoms with Crippen LogP contribution >= 0.6 is 11.6 Å². The number of carbonyl (C=O) groups is 1. The largest absolute Gasteiger partial charge is 0.450 e. The molecule has 1 rings (SSSR count). The molecule has 16 heavy (non-hydrogen) atoms.